The van der Waals surface area contributed by atoms with Crippen LogP contribution in [-0.4, -0.2) is 40.8 Å². The molecule has 0 amide bonds. The summed E-state index contributed by atoms with van der Waals surface area (Å²) in [5, 5.41) is 0. The first-order valence-corrected chi connectivity index (χ1v) is 6.73. The minimum Gasteiger partial charge on any atom is -0.379 e. The average Bonchev–Trinajstić information content (AvgIpc) is 2.88. The van der Waals surface area contributed by atoms with Gasteiger partial charge in [-0.1, -0.05) is 6.07 Å². The largest absolute Gasteiger partial charge is 0.379 e. The van der Waals surface area contributed by atoms with Gasteiger partial charge in [-0.25, -0.2) is 4.98 Å². The molecule has 1 fully saturated rings. The van der Waals surface area contributed by atoms with E-state index in [1.54, 1.807) is 0 Å². The second-order valence-corrected chi connectivity index (χ2v) is 4.90. The summed E-state index contributed by atoms with van der Waals surface area (Å²) in [7, 11) is 0. The van der Waals surface area contributed by atoms with Crippen molar-refractivity contribution < 1.29 is 4.74 Å². The van der Waals surface area contributed by atoms with Crippen molar-refractivity contribution in [2.24, 2.45) is 0 Å². The van der Waals surface area contributed by atoms with Crippen LogP contribution in [0.1, 0.15) is 11.4 Å². The van der Waals surface area contributed by atoms with Gasteiger partial charge in [-0.05, 0) is 31.2 Å². The summed E-state index contributed by atoms with van der Waals surface area (Å²) in [6.07, 6.45) is 2.08. The van der Waals surface area contributed by atoms with Gasteiger partial charge in [-0.15, -0.1) is 0 Å². The Labute approximate surface area is 113 Å². The zero-order valence-corrected chi connectivity index (χ0v) is 11.2. The topological polar surface area (TPSA) is 30.3 Å². The van der Waals surface area contributed by atoms with E-state index in [9.17, 15) is 0 Å². The minimum atomic E-state index is 0.837. The summed E-state index contributed by atoms with van der Waals surface area (Å²) in [5.74, 6) is 0.994. The van der Waals surface area contributed by atoms with E-state index in [1.807, 2.05) is 13.0 Å². The van der Waals surface area contributed by atoms with Crippen molar-refractivity contribution in [1.29, 1.82) is 0 Å². The van der Waals surface area contributed by atoms with Gasteiger partial charge in [0.15, 0.2) is 0 Å². The maximum absolute atomic E-state index is 5.39. The van der Waals surface area contributed by atoms with Crippen molar-refractivity contribution in [1.82, 2.24) is 14.5 Å². The van der Waals surface area contributed by atoms with Gasteiger partial charge in [0.1, 0.15) is 5.82 Å². The molecule has 0 aliphatic carbocycles. The first kappa shape index (κ1) is 12.4. The van der Waals surface area contributed by atoms with Crippen LogP contribution in [0.25, 0.3) is 5.82 Å². The predicted molar refractivity (Wildman–Crippen MR) is 74.4 cm³/mol. The Bertz CT molecular complexity index is 544. The van der Waals surface area contributed by atoms with Crippen LogP contribution >= 0.6 is 0 Å². The SMILES string of the molecule is Cc1cccc(-n2cccc2CN2CCOCC2)n1. The van der Waals surface area contributed by atoms with Crippen LogP contribution in [0.5, 0.6) is 0 Å². The highest BCUT2D eigenvalue weighted by molar-refractivity contribution is 5.29. The normalized spacial score (nSPS) is 16.7. The number of rotatable bonds is 3. The summed E-state index contributed by atoms with van der Waals surface area (Å²) in [5.41, 5.74) is 2.32. The molecule has 0 radical (unpaired) electrons. The smallest absolute Gasteiger partial charge is 0.137 e. The number of hydrogen-bond donors (Lipinski definition) is 0. The lowest BCUT2D eigenvalue weighted by atomic mass is 10.3. The average molecular weight is 257 g/mol. The van der Waals surface area contributed by atoms with Crippen molar-refractivity contribution in [3.05, 3.63) is 47.9 Å². The monoisotopic (exact) mass is 257 g/mol. The van der Waals surface area contributed by atoms with Crippen molar-refractivity contribution in [3.8, 4) is 5.82 Å². The van der Waals surface area contributed by atoms with Crippen LogP contribution in [0.15, 0.2) is 36.5 Å². The molecule has 0 bridgehead atoms. The van der Waals surface area contributed by atoms with Gasteiger partial charge in [0.25, 0.3) is 0 Å². The first-order chi connectivity index (χ1) is 9.33. The quantitative estimate of drug-likeness (QED) is 0.842. The number of aryl methyl sites for hydroxylation is 1. The molecule has 1 aliphatic heterocycles. The Kier molecular flexibility index (Phi) is 3.62. The van der Waals surface area contributed by atoms with Crippen molar-refractivity contribution >= 4 is 0 Å². The number of ether oxygens (including phenoxy) is 1. The molecule has 1 saturated heterocycles. The summed E-state index contributed by atoms with van der Waals surface area (Å²) >= 11 is 0. The lowest BCUT2D eigenvalue weighted by Crippen LogP contribution is -2.36. The van der Waals surface area contributed by atoms with Crippen molar-refractivity contribution in [2.75, 3.05) is 26.3 Å². The van der Waals surface area contributed by atoms with E-state index >= 15 is 0 Å². The molecule has 0 atom stereocenters. The fourth-order valence-corrected chi connectivity index (χ4v) is 2.42. The fraction of sp³-hybridized carbons (Fsp3) is 0.400. The molecule has 0 unspecified atom stereocenters. The van der Waals surface area contributed by atoms with Crippen LogP contribution in [-0.2, 0) is 11.3 Å². The first-order valence-electron chi connectivity index (χ1n) is 6.73. The van der Waals surface area contributed by atoms with E-state index in [0.29, 0.717) is 0 Å². The van der Waals surface area contributed by atoms with E-state index in [1.165, 1.54) is 5.69 Å². The van der Waals surface area contributed by atoms with E-state index in [4.69, 9.17) is 4.74 Å². The Morgan fingerprint density at radius 3 is 2.79 bits per heavy atom. The second kappa shape index (κ2) is 5.55. The zero-order chi connectivity index (χ0) is 13.1. The molecule has 2 aromatic rings. The maximum Gasteiger partial charge on any atom is 0.137 e. The van der Waals surface area contributed by atoms with Gasteiger partial charge in [0, 0.05) is 37.2 Å². The number of hydrogen-bond acceptors (Lipinski definition) is 3. The van der Waals surface area contributed by atoms with Crippen molar-refractivity contribution in [3.63, 3.8) is 0 Å². The highest BCUT2D eigenvalue weighted by Gasteiger charge is 2.13. The Balaban J connectivity index is 1.81. The molecular formula is C15H19N3O. The van der Waals surface area contributed by atoms with E-state index in [-0.39, 0.29) is 0 Å². The molecule has 0 N–H and O–H groups in total. The predicted octanol–water partition coefficient (Wildman–Crippen LogP) is 2.01. The number of nitrogens with zero attached hydrogens (tertiary/aromatic N) is 3. The lowest BCUT2D eigenvalue weighted by Gasteiger charge is -2.26. The van der Waals surface area contributed by atoms with Gasteiger partial charge in [-0.2, -0.15) is 0 Å². The molecule has 3 rings (SSSR count). The van der Waals surface area contributed by atoms with Gasteiger partial charge < -0.3 is 9.30 Å². The van der Waals surface area contributed by atoms with Crippen LogP contribution < -0.4 is 0 Å². The number of morpholine rings is 1. The van der Waals surface area contributed by atoms with E-state index < -0.39 is 0 Å². The molecule has 0 aromatic carbocycles. The molecule has 0 spiro atoms. The molecule has 4 heteroatoms. The van der Waals surface area contributed by atoms with E-state index in [2.05, 4.69) is 44.9 Å². The molecule has 0 saturated carbocycles. The molecule has 100 valence electrons. The minimum absolute atomic E-state index is 0.837. The van der Waals surface area contributed by atoms with Crippen LogP contribution in [0.4, 0.5) is 0 Å². The molecule has 4 nitrogen and oxygen atoms in total. The lowest BCUT2D eigenvalue weighted by molar-refractivity contribution is 0.0334. The summed E-state index contributed by atoms with van der Waals surface area (Å²) in [6.45, 7) is 6.66. The Hall–Kier alpha value is -1.65. The Morgan fingerprint density at radius 1 is 1.16 bits per heavy atom. The van der Waals surface area contributed by atoms with Crippen LogP contribution in [0.2, 0.25) is 0 Å². The molecule has 3 heterocycles. The zero-order valence-electron chi connectivity index (χ0n) is 11.2. The third-order valence-electron chi connectivity index (χ3n) is 3.44. The summed E-state index contributed by atoms with van der Waals surface area (Å²) in [4.78, 5) is 7.01. The van der Waals surface area contributed by atoms with Gasteiger partial charge in [0.05, 0.1) is 13.2 Å². The number of pyridine rings is 1. The highest BCUT2D eigenvalue weighted by Crippen LogP contribution is 2.14. The van der Waals surface area contributed by atoms with Crippen LogP contribution in [0, 0.1) is 6.92 Å². The summed E-state index contributed by atoms with van der Waals surface area (Å²) in [6, 6.07) is 10.4. The van der Waals surface area contributed by atoms with Crippen LogP contribution in [0.3, 0.4) is 0 Å². The molecule has 2 aromatic heterocycles. The third-order valence-corrected chi connectivity index (χ3v) is 3.44. The third kappa shape index (κ3) is 2.85. The van der Waals surface area contributed by atoms with Gasteiger partial charge in [0.2, 0.25) is 0 Å². The number of aromatic nitrogens is 2. The van der Waals surface area contributed by atoms with Gasteiger partial charge >= 0.3 is 0 Å². The van der Waals surface area contributed by atoms with Crippen molar-refractivity contribution in [2.45, 2.75) is 13.5 Å². The van der Waals surface area contributed by atoms with Gasteiger partial charge in [-0.3, -0.25) is 4.90 Å². The van der Waals surface area contributed by atoms with E-state index in [0.717, 1.165) is 44.4 Å². The maximum atomic E-state index is 5.39. The molecular weight excluding hydrogens is 238 g/mol. The summed E-state index contributed by atoms with van der Waals surface area (Å²) < 4.78 is 7.56. The standard InChI is InChI=1S/C15H19N3O/c1-13-4-2-6-15(16-13)18-7-3-5-14(18)12-17-8-10-19-11-9-17/h2-7H,8-12H2,1H3. The fourth-order valence-electron chi connectivity index (χ4n) is 2.42. The highest BCUT2D eigenvalue weighted by atomic mass is 16.5. The Morgan fingerprint density at radius 2 is 2.00 bits per heavy atom. The second-order valence-electron chi connectivity index (χ2n) is 4.90. The molecule has 1 aliphatic rings. The molecule has 19 heavy (non-hydrogen) atoms.